The van der Waals surface area contributed by atoms with E-state index in [1.807, 2.05) is 10.8 Å². The van der Waals surface area contributed by atoms with Gasteiger partial charge in [-0.05, 0) is 42.8 Å². The van der Waals surface area contributed by atoms with E-state index < -0.39 is 0 Å². The lowest BCUT2D eigenvalue weighted by Gasteiger charge is -2.05. The van der Waals surface area contributed by atoms with Gasteiger partial charge in [0, 0.05) is 33.0 Å². The van der Waals surface area contributed by atoms with E-state index in [1.165, 1.54) is 5.56 Å². The molecule has 0 spiro atoms. The summed E-state index contributed by atoms with van der Waals surface area (Å²) in [5.41, 5.74) is 2.30. The molecule has 0 radical (unpaired) electrons. The third kappa shape index (κ3) is 5.43. The third-order valence-electron chi connectivity index (χ3n) is 3.00. The summed E-state index contributed by atoms with van der Waals surface area (Å²) in [4.78, 5) is 4.07. The molecule has 1 aromatic heterocycles. The van der Waals surface area contributed by atoms with Gasteiger partial charge in [0.1, 0.15) is 0 Å². The fourth-order valence-electron chi connectivity index (χ4n) is 1.95. The van der Waals surface area contributed by atoms with Gasteiger partial charge in [0.15, 0.2) is 5.11 Å². The highest BCUT2D eigenvalue weighted by Crippen LogP contribution is 2.12. The maximum atomic E-state index is 5.07. The van der Waals surface area contributed by atoms with Gasteiger partial charge in [-0.3, -0.25) is 0 Å². The molecule has 0 fully saturated rings. The highest BCUT2D eigenvalue weighted by Gasteiger charge is 1.95. The van der Waals surface area contributed by atoms with Crippen LogP contribution in [0.1, 0.15) is 18.4 Å². The van der Waals surface area contributed by atoms with Crippen LogP contribution in [-0.4, -0.2) is 27.5 Å². The number of nitrogens with zero attached hydrogens (tertiary/aromatic N) is 2. The average Bonchev–Trinajstić information content (AvgIpc) is 3.06. The predicted molar refractivity (Wildman–Crippen MR) is 99.6 cm³/mol. The van der Waals surface area contributed by atoms with Crippen molar-refractivity contribution < 1.29 is 0 Å². The van der Waals surface area contributed by atoms with E-state index >= 15 is 0 Å². The van der Waals surface area contributed by atoms with Crippen molar-refractivity contribution in [2.24, 2.45) is 0 Å². The zero-order chi connectivity index (χ0) is 15.6. The Morgan fingerprint density at radius 2 is 2.36 bits per heavy atom. The van der Waals surface area contributed by atoms with Crippen LogP contribution in [0, 0.1) is 0 Å². The fraction of sp³-hybridized carbons (Fsp3) is 0.188. The normalized spacial score (nSPS) is 10.9. The highest BCUT2D eigenvalue weighted by atomic mass is 32.1. The first-order valence-corrected chi connectivity index (χ1v) is 8.53. The van der Waals surface area contributed by atoms with E-state index in [1.54, 1.807) is 12.5 Å². The van der Waals surface area contributed by atoms with E-state index in [2.05, 4.69) is 58.1 Å². The van der Waals surface area contributed by atoms with Crippen molar-refractivity contribution in [3.63, 3.8) is 0 Å². The summed E-state index contributed by atoms with van der Waals surface area (Å²) in [6.07, 6.45) is 15.6. The molecule has 1 aromatic carbocycles. The Morgan fingerprint density at radius 1 is 1.45 bits per heavy atom. The lowest BCUT2D eigenvalue weighted by atomic mass is 10.1. The van der Waals surface area contributed by atoms with Crippen molar-refractivity contribution in [2.75, 3.05) is 6.54 Å². The number of unbranched alkanes of at least 4 members (excludes halogenated alkanes) is 1. The predicted octanol–water partition coefficient (Wildman–Crippen LogP) is 3.42. The first-order valence-electron chi connectivity index (χ1n) is 7.04. The van der Waals surface area contributed by atoms with Gasteiger partial charge < -0.3 is 15.0 Å². The lowest BCUT2D eigenvalue weighted by Crippen LogP contribution is -2.30. The third-order valence-corrected chi connectivity index (χ3v) is 3.78. The lowest BCUT2D eigenvalue weighted by molar-refractivity contribution is 0.789. The quantitative estimate of drug-likeness (QED) is 0.464. The number of rotatable bonds is 7. The van der Waals surface area contributed by atoms with Crippen LogP contribution < -0.4 is 10.4 Å². The van der Waals surface area contributed by atoms with Crippen molar-refractivity contribution in [3.8, 4) is 5.69 Å². The van der Waals surface area contributed by atoms with Gasteiger partial charge >= 0.3 is 0 Å². The molecule has 0 amide bonds. The fourth-order valence-corrected chi connectivity index (χ4v) is 2.47. The second-order valence-electron chi connectivity index (χ2n) is 4.64. The molecule has 22 heavy (non-hydrogen) atoms. The molecule has 2 N–H and O–H groups in total. The highest BCUT2D eigenvalue weighted by molar-refractivity contribution is 7.80. The Hall–Kier alpha value is -1.97. The molecule has 0 aliphatic heterocycles. The molecule has 6 heteroatoms. The Morgan fingerprint density at radius 3 is 3.14 bits per heavy atom. The molecule has 0 unspecified atom stereocenters. The monoisotopic (exact) mass is 330 g/mol. The Balaban J connectivity index is 1.78. The van der Waals surface area contributed by atoms with Crippen molar-refractivity contribution in [1.82, 2.24) is 20.0 Å². The molecule has 4 nitrogen and oxygen atoms in total. The second kappa shape index (κ2) is 9.13. The molecule has 0 saturated heterocycles. The van der Waals surface area contributed by atoms with Crippen molar-refractivity contribution in [3.05, 3.63) is 54.6 Å². The minimum atomic E-state index is 0.661. The number of allylic oxidation sites excluding steroid dienone is 1. The summed E-state index contributed by atoms with van der Waals surface area (Å²) in [6, 6.07) is 8.36. The second-order valence-corrected chi connectivity index (χ2v) is 5.58. The van der Waals surface area contributed by atoms with E-state index in [9.17, 15) is 0 Å². The SMILES string of the molecule is C=PNC(=S)NCCC/C=C\c1cccc(-n2ccnc2)c1. The topological polar surface area (TPSA) is 41.9 Å². The zero-order valence-electron chi connectivity index (χ0n) is 12.3. The summed E-state index contributed by atoms with van der Waals surface area (Å²) < 4.78 is 2.00. The van der Waals surface area contributed by atoms with Crippen LogP contribution in [0.15, 0.2) is 49.1 Å². The first kappa shape index (κ1) is 16.4. The van der Waals surface area contributed by atoms with E-state index in [0.717, 1.165) is 33.4 Å². The molecule has 0 aliphatic rings. The Bertz CT molecular complexity index is 637. The molecule has 114 valence electrons. The smallest absolute Gasteiger partial charge is 0.173 e. The maximum Gasteiger partial charge on any atom is 0.173 e. The van der Waals surface area contributed by atoms with Gasteiger partial charge in [0.2, 0.25) is 0 Å². The molecule has 2 aromatic rings. The number of imidazole rings is 1. The number of hydrogen-bond acceptors (Lipinski definition) is 2. The zero-order valence-corrected chi connectivity index (χ0v) is 14.0. The minimum Gasteiger partial charge on any atom is -0.362 e. The van der Waals surface area contributed by atoms with Gasteiger partial charge in [0.25, 0.3) is 0 Å². The Labute approximate surface area is 138 Å². The van der Waals surface area contributed by atoms with Crippen molar-refractivity contribution >= 4 is 38.1 Å². The summed E-state index contributed by atoms with van der Waals surface area (Å²) >= 11 is 5.07. The number of hydrogen-bond donors (Lipinski definition) is 2. The van der Waals surface area contributed by atoms with Crippen molar-refractivity contribution in [2.45, 2.75) is 12.8 Å². The van der Waals surface area contributed by atoms with E-state index in [-0.39, 0.29) is 0 Å². The summed E-state index contributed by atoms with van der Waals surface area (Å²) in [5, 5.41) is 6.74. The van der Waals surface area contributed by atoms with Crippen LogP contribution in [0.4, 0.5) is 0 Å². The Kier molecular flexibility index (Phi) is 6.81. The van der Waals surface area contributed by atoms with Gasteiger partial charge in [-0.2, -0.15) is 0 Å². The van der Waals surface area contributed by atoms with Gasteiger partial charge in [-0.25, -0.2) is 4.98 Å². The molecular formula is C16H19N4PS. The van der Waals surface area contributed by atoms with Crippen LogP contribution in [0.5, 0.6) is 0 Å². The molecule has 0 atom stereocenters. The van der Waals surface area contributed by atoms with Crippen LogP contribution in [0.3, 0.4) is 0 Å². The van der Waals surface area contributed by atoms with Crippen molar-refractivity contribution in [1.29, 1.82) is 0 Å². The molecule has 0 aliphatic carbocycles. The standard InChI is InChI=1S/C16H19N4PS/c1-21-19-16(22)18-9-4-2-3-6-14-7-5-8-15(12-14)20-11-10-17-13-20/h3,5-8,10-13H,1-2,4,9H2,(H2,18,19,22)/b6-3-. The van der Waals surface area contributed by atoms with Gasteiger partial charge in [-0.1, -0.05) is 30.6 Å². The largest absolute Gasteiger partial charge is 0.362 e. The van der Waals surface area contributed by atoms with Gasteiger partial charge in [0.05, 0.1) is 6.33 Å². The summed E-state index contributed by atoms with van der Waals surface area (Å²) in [7, 11) is 0.824. The molecular weight excluding hydrogens is 311 g/mol. The van der Waals surface area contributed by atoms with Crippen LogP contribution >= 0.6 is 20.6 Å². The first-order chi connectivity index (χ1) is 10.8. The van der Waals surface area contributed by atoms with Crippen LogP contribution in [-0.2, 0) is 0 Å². The number of thiocarbonyl (C=S) groups is 1. The van der Waals surface area contributed by atoms with Crippen LogP contribution in [0.25, 0.3) is 11.8 Å². The van der Waals surface area contributed by atoms with Gasteiger partial charge in [-0.15, -0.1) is 0 Å². The summed E-state index contributed by atoms with van der Waals surface area (Å²) in [6.45, 7) is 0.862. The van der Waals surface area contributed by atoms with Crippen LogP contribution in [0.2, 0.25) is 0 Å². The number of benzene rings is 1. The molecule has 1 heterocycles. The molecule has 0 saturated carbocycles. The van der Waals surface area contributed by atoms with E-state index in [4.69, 9.17) is 12.2 Å². The van der Waals surface area contributed by atoms with E-state index in [0.29, 0.717) is 5.11 Å². The minimum absolute atomic E-state index is 0.661. The summed E-state index contributed by atoms with van der Waals surface area (Å²) in [5.74, 6) is 0. The number of nitrogens with one attached hydrogen (secondary N) is 2. The maximum absolute atomic E-state index is 5.07. The number of aromatic nitrogens is 2. The average molecular weight is 330 g/mol. The molecule has 2 rings (SSSR count). The molecule has 0 bridgehead atoms.